The van der Waals surface area contributed by atoms with Gasteiger partial charge in [-0.25, -0.2) is 4.79 Å². The smallest absolute Gasteiger partial charge is 0.349 e. The largest absolute Gasteiger partial charge is 0.493 e. The second kappa shape index (κ2) is 7.50. The van der Waals surface area contributed by atoms with Crippen LogP contribution in [0.5, 0.6) is 17.2 Å². The standard InChI is InChI=1S/C18H20O4/c1-13(2)14-8-10-15(11-9-14)21-12-18(19)22-17-7-5-4-6-16(17)20-3/h4-11,13H,12H2,1-3H3. The van der Waals surface area contributed by atoms with Crippen LogP contribution in [-0.4, -0.2) is 19.7 Å². The molecular formula is C18H20O4. The molecule has 0 saturated carbocycles. The molecule has 0 spiro atoms. The van der Waals surface area contributed by atoms with Crippen molar-refractivity contribution in [2.75, 3.05) is 13.7 Å². The summed E-state index contributed by atoms with van der Waals surface area (Å²) in [4.78, 5) is 11.8. The number of carbonyl (C=O) groups is 1. The summed E-state index contributed by atoms with van der Waals surface area (Å²) in [5.74, 6) is 1.52. The van der Waals surface area contributed by atoms with Gasteiger partial charge in [-0.3, -0.25) is 0 Å². The normalized spacial score (nSPS) is 10.4. The zero-order valence-corrected chi connectivity index (χ0v) is 13.0. The van der Waals surface area contributed by atoms with E-state index in [1.165, 1.54) is 12.7 Å². The van der Waals surface area contributed by atoms with Gasteiger partial charge in [0.25, 0.3) is 0 Å². The Morgan fingerprint density at radius 2 is 1.64 bits per heavy atom. The number of methoxy groups -OCH3 is 1. The minimum Gasteiger partial charge on any atom is -0.493 e. The third-order valence-electron chi connectivity index (χ3n) is 3.20. The molecule has 0 aliphatic carbocycles. The van der Waals surface area contributed by atoms with Crippen LogP contribution in [0.25, 0.3) is 0 Å². The van der Waals surface area contributed by atoms with Gasteiger partial charge in [0.15, 0.2) is 18.1 Å². The van der Waals surface area contributed by atoms with Crippen molar-refractivity contribution in [1.29, 1.82) is 0 Å². The molecule has 2 aromatic rings. The zero-order chi connectivity index (χ0) is 15.9. The average molecular weight is 300 g/mol. The highest BCUT2D eigenvalue weighted by molar-refractivity contribution is 5.74. The van der Waals surface area contributed by atoms with Crippen LogP contribution < -0.4 is 14.2 Å². The van der Waals surface area contributed by atoms with E-state index in [4.69, 9.17) is 14.2 Å². The van der Waals surface area contributed by atoms with Crippen molar-refractivity contribution in [3.05, 3.63) is 54.1 Å². The van der Waals surface area contributed by atoms with Gasteiger partial charge < -0.3 is 14.2 Å². The molecule has 0 unspecified atom stereocenters. The Hall–Kier alpha value is -2.49. The third-order valence-corrected chi connectivity index (χ3v) is 3.20. The van der Waals surface area contributed by atoms with Gasteiger partial charge in [0.05, 0.1) is 7.11 Å². The van der Waals surface area contributed by atoms with Crippen LogP contribution in [0, 0.1) is 0 Å². The molecule has 4 nitrogen and oxygen atoms in total. The number of benzene rings is 2. The molecule has 0 fully saturated rings. The first-order valence-corrected chi connectivity index (χ1v) is 7.16. The minimum absolute atomic E-state index is 0.154. The third kappa shape index (κ3) is 4.25. The van der Waals surface area contributed by atoms with Crippen molar-refractivity contribution < 1.29 is 19.0 Å². The lowest BCUT2D eigenvalue weighted by atomic mass is 10.0. The molecule has 0 radical (unpaired) electrons. The molecular weight excluding hydrogens is 280 g/mol. The van der Waals surface area contributed by atoms with Crippen molar-refractivity contribution in [3.63, 3.8) is 0 Å². The monoisotopic (exact) mass is 300 g/mol. The van der Waals surface area contributed by atoms with Crippen molar-refractivity contribution in [2.24, 2.45) is 0 Å². The van der Waals surface area contributed by atoms with Gasteiger partial charge in [-0.15, -0.1) is 0 Å². The van der Waals surface area contributed by atoms with Crippen LogP contribution in [-0.2, 0) is 4.79 Å². The number of esters is 1. The van der Waals surface area contributed by atoms with Crippen LogP contribution in [0.4, 0.5) is 0 Å². The molecule has 0 saturated heterocycles. The average Bonchev–Trinajstić information content (AvgIpc) is 2.54. The van der Waals surface area contributed by atoms with E-state index < -0.39 is 5.97 Å². The number of hydrogen-bond donors (Lipinski definition) is 0. The van der Waals surface area contributed by atoms with Gasteiger partial charge in [0.1, 0.15) is 5.75 Å². The van der Waals surface area contributed by atoms with Crippen molar-refractivity contribution in [3.8, 4) is 17.2 Å². The molecule has 116 valence electrons. The highest BCUT2D eigenvalue weighted by atomic mass is 16.6. The van der Waals surface area contributed by atoms with Gasteiger partial charge in [-0.05, 0) is 35.7 Å². The molecule has 0 aromatic heterocycles. The van der Waals surface area contributed by atoms with E-state index in [9.17, 15) is 4.79 Å². The van der Waals surface area contributed by atoms with E-state index in [0.717, 1.165) is 0 Å². The first-order chi connectivity index (χ1) is 10.6. The molecule has 0 heterocycles. The molecule has 0 N–H and O–H groups in total. The lowest BCUT2D eigenvalue weighted by Crippen LogP contribution is -2.18. The molecule has 2 rings (SSSR count). The lowest BCUT2D eigenvalue weighted by Gasteiger charge is -2.10. The SMILES string of the molecule is COc1ccccc1OC(=O)COc1ccc(C(C)C)cc1. The topological polar surface area (TPSA) is 44.8 Å². The molecule has 2 aromatic carbocycles. The summed E-state index contributed by atoms with van der Waals surface area (Å²) < 4.78 is 15.8. The quantitative estimate of drug-likeness (QED) is 0.601. The van der Waals surface area contributed by atoms with Crippen LogP contribution in [0.15, 0.2) is 48.5 Å². The van der Waals surface area contributed by atoms with Gasteiger partial charge >= 0.3 is 5.97 Å². The summed E-state index contributed by atoms with van der Waals surface area (Å²) in [6.07, 6.45) is 0. The fourth-order valence-electron chi connectivity index (χ4n) is 1.95. The number of carbonyl (C=O) groups excluding carboxylic acids is 1. The zero-order valence-electron chi connectivity index (χ0n) is 13.0. The summed E-state index contributed by atoms with van der Waals surface area (Å²) in [6, 6.07) is 14.7. The minimum atomic E-state index is -0.475. The van der Waals surface area contributed by atoms with Gasteiger partial charge in [0.2, 0.25) is 0 Å². The van der Waals surface area contributed by atoms with Crippen molar-refractivity contribution in [2.45, 2.75) is 19.8 Å². The molecule has 0 amide bonds. The maximum Gasteiger partial charge on any atom is 0.349 e. The fourth-order valence-corrected chi connectivity index (χ4v) is 1.95. The molecule has 0 atom stereocenters. The van der Waals surface area contributed by atoms with Crippen molar-refractivity contribution >= 4 is 5.97 Å². The summed E-state index contributed by atoms with van der Waals surface area (Å²) in [6.45, 7) is 4.10. The highest BCUT2D eigenvalue weighted by Crippen LogP contribution is 2.26. The van der Waals surface area contributed by atoms with E-state index in [0.29, 0.717) is 23.2 Å². The lowest BCUT2D eigenvalue weighted by molar-refractivity contribution is -0.136. The Morgan fingerprint density at radius 3 is 2.23 bits per heavy atom. The van der Waals surface area contributed by atoms with Gasteiger partial charge in [-0.1, -0.05) is 38.1 Å². The Labute approximate surface area is 130 Å². The molecule has 22 heavy (non-hydrogen) atoms. The predicted octanol–water partition coefficient (Wildman–Crippen LogP) is 3.80. The molecule has 0 bridgehead atoms. The first kappa shape index (κ1) is 15.9. The van der Waals surface area contributed by atoms with Crippen LogP contribution in [0.2, 0.25) is 0 Å². The molecule has 0 aliphatic heterocycles. The number of hydrogen-bond acceptors (Lipinski definition) is 4. The first-order valence-electron chi connectivity index (χ1n) is 7.16. The Balaban J connectivity index is 1.90. The van der Waals surface area contributed by atoms with E-state index in [-0.39, 0.29) is 6.61 Å². The molecule has 0 aliphatic rings. The van der Waals surface area contributed by atoms with E-state index in [2.05, 4.69) is 13.8 Å². The van der Waals surface area contributed by atoms with Crippen LogP contribution in [0.1, 0.15) is 25.3 Å². The fraction of sp³-hybridized carbons (Fsp3) is 0.278. The van der Waals surface area contributed by atoms with Crippen molar-refractivity contribution in [1.82, 2.24) is 0 Å². The Bertz CT molecular complexity index is 617. The van der Waals surface area contributed by atoms with Crippen LogP contribution >= 0.6 is 0 Å². The Kier molecular flexibility index (Phi) is 5.42. The predicted molar refractivity (Wildman–Crippen MR) is 84.7 cm³/mol. The summed E-state index contributed by atoms with van der Waals surface area (Å²) in [5, 5.41) is 0. The Morgan fingerprint density at radius 1 is 1.00 bits per heavy atom. The van der Waals surface area contributed by atoms with Gasteiger partial charge in [0, 0.05) is 0 Å². The number of para-hydroxylation sites is 2. The number of ether oxygens (including phenoxy) is 3. The number of rotatable bonds is 6. The van der Waals surface area contributed by atoms with Crippen LogP contribution in [0.3, 0.4) is 0 Å². The van der Waals surface area contributed by atoms with E-state index in [1.807, 2.05) is 30.3 Å². The maximum absolute atomic E-state index is 11.8. The second-order valence-corrected chi connectivity index (χ2v) is 5.14. The maximum atomic E-state index is 11.8. The second-order valence-electron chi connectivity index (χ2n) is 5.14. The summed E-state index contributed by atoms with van der Waals surface area (Å²) in [5.41, 5.74) is 1.23. The summed E-state index contributed by atoms with van der Waals surface area (Å²) >= 11 is 0. The van der Waals surface area contributed by atoms with E-state index in [1.54, 1.807) is 18.2 Å². The van der Waals surface area contributed by atoms with E-state index >= 15 is 0 Å². The highest BCUT2D eigenvalue weighted by Gasteiger charge is 2.10. The summed E-state index contributed by atoms with van der Waals surface area (Å²) in [7, 11) is 1.53. The molecule has 4 heteroatoms. The van der Waals surface area contributed by atoms with Gasteiger partial charge in [-0.2, -0.15) is 0 Å².